The topological polar surface area (TPSA) is 105 Å². The zero-order valence-electron chi connectivity index (χ0n) is 12.7. The smallest absolute Gasteiger partial charge is 0.314 e. The van der Waals surface area contributed by atoms with Crippen LogP contribution in [0.1, 0.15) is 25.4 Å². The van der Waals surface area contributed by atoms with Crippen molar-refractivity contribution in [3.63, 3.8) is 0 Å². The number of carbonyl (C=O) groups excluding carboxylic acids is 1. The summed E-state index contributed by atoms with van der Waals surface area (Å²) in [7, 11) is 0. The molecule has 2 rings (SSSR count). The molecule has 0 spiro atoms. The summed E-state index contributed by atoms with van der Waals surface area (Å²) in [5.41, 5.74) is -1.25. The lowest BCUT2D eigenvalue weighted by Gasteiger charge is -2.21. The minimum Gasteiger partial charge on any atom is -0.466 e. The van der Waals surface area contributed by atoms with Gasteiger partial charge in [0, 0.05) is 19.5 Å². The van der Waals surface area contributed by atoms with Crippen LogP contribution in [-0.4, -0.2) is 39.0 Å². The molecule has 0 aliphatic heterocycles. The standard InChI is InChI=1S/C14H21N5O3/c1-3-12-18-17-10-19(12)7-6-15-13(20)16-9-14(2,21)11-5-4-8-22-11/h4-5,8,10,21H,3,6-7,9H2,1-2H3,(H2,15,16,20). The van der Waals surface area contributed by atoms with Gasteiger partial charge in [0.15, 0.2) is 0 Å². The molecule has 0 saturated heterocycles. The molecule has 0 saturated carbocycles. The van der Waals surface area contributed by atoms with Gasteiger partial charge in [-0.05, 0) is 19.1 Å². The molecule has 2 aromatic rings. The number of carbonyl (C=O) groups is 1. The highest BCUT2D eigenvalue weighted by molar-refractivity contribution is 5.73. The molecule has 2 amide bonds. The average Bonchev–Trinajstić information content (AvgIpc) is 3.16. The van der Waals surface area contributed by atoms with Crippen LogP contribution in [0.2, 0.25) is 0 Å². The van der Waals surface area contributed by atoms with Gasteiger partial charge in [-0.1, -0.05) is 6.92 Å². The number of rotatable bonds is 7. The summed E-state index contributed by atoms with van der Waals surface area (Å²) < 4.78 is 7.04. The molecule has 2 heterocycles. The first kappa shape index (κ1) is 16.0. The van der Waals surface area contributed by atoms with E-state index in [1.807, 2.05) is 11.5 Å². The summed E-state index contributed by atoms with van der Waals surface area (Å²) in [5.74, 6) is 1.29. The van der Waals surface area contributed by atoms with E-state index < -0.39 is 5.60 Å². The van der Waals surface area contributed by atoms with Crippen LogP contribution in [0.4, 0.5) is 4.79 Å². The highest BCUT2D eigenvalue weighted by atomic mass is 16.4. The molecule has 1 unspecified atom stereocenters. The second-order valence-electron chi connectivity index (χ2n) is 5.15. The number of nitrogens with one attached hydrogen (secondary N) is 2. The van der Waals surface area contributed by atoms with Gasteiger partial charge in [-0.25, -0.2) is 4.79 Å². The van der Waals surface area contributed by atoms with Crippen LogP contribution in [-0.2, 0) is 18.6 Å². The van der Waals surface area contributed by atoms with Crippen LogP contribution in [0.25, 0.3) is 0 Å². The summed E-state index contributed by atoms with van der Waals surface area (Å²) in [6.45, 7) is 4.67. The van der Waals surface area contributed by atoms with Crippen LogP contribution < -0.4 is 10.6 Å². The van der Waals surface area contributed by atoms with E-state index >= 15 is 0 Å². The summed E-state index contributed by atoms with van der Waals surface area (Å²) in [4.78, 5) is 11.7. The Bertz CT molecular complexity index is 591. The quantitative estimate of drug-likeness (QED) is 0.696. The van der Waals surface area contributed by atoms with E-state index in [1.54, 1.807) is 25.4 Å². The molecule has 0 radical (unpaired) electrons. The predicted octanol–water partition coefficient (Wildman–Crippen LogP) is 0.640. The molecular weight excluding hydrogens is 286 g/mol. The van der Waals surface area contributed by atoms with Gasteiger partial charge < -0.3 is 24.7 Å². The fourth-order valence-corrected chi connectivity index (χ4v) is 2.02. The largest absolute Gasteiger partial charge is 0.466 e. The predicted molar refractivity (Wildman–Crippen MR) is 79.1 cm³/mol. The minimum atomic E-state index is -1.25. The molecule has 0 aromatic carbocycles. The van der Waals surface area contributed by atoms with Gasteiger partial charge in [0.1, 0.15) is 23.5 Å². The van der Waals surface area contributed by atoms with E-state index in [1.165, 1.54) is 6.26 Å². The second kappa shape index (κ2) is 7.08. The number of amides is 2. The van der Waals surface area contributed by atoms with E-state index in [0.29, 0.717) is 18.8 Å². The van der Waals surface area contributed by atoms with Crippen LogP contribution >= 0.6 is 0 Å². The second-order valence-corrected chi connectivity index (χ2v) is 5.15. The molecular formula is C14H21N5O3. The van der Waals surface area contributed by atoms with Crippen LogP contribution in [0.15, 0.2) is 29.1 Å². The highest BCUT2D eigenvalue weighted by Crippen LogP contribution is 2.19. The first-order chi connectivity index (χ1) is 10.5. The molecule has 0 aliphatic rings. The summed E-state index contributed by atoms with van der Waals surface area (Å²) in [6, 6.07) is 3.00. The minimum absolute atomic E-state index is 0.0547. The molecule has 22 heavy (non-hydrogen) atoms. The van der Waals surface area contributed by atoms with Gasteiger partial charge >= 0.3 is 6.03 Å². The zero-order valence-corrected chi connectivity index (χ0v) is 12.7. The van der Waals surface area contributed by atoms with Crippen molar-refractivity contribution in [3.8, 4) is 0 Å². The fourth-order valence-electron chi connectivity index (χ4n) is 2.02. The third-order valence-electron chi connectivity index (χ3n) is 3.30. The molecule has 3 N–H and O–H groups in total. The monoisotopic (exact) mass is 307 g/mol. The van der Waals surface area contributed by atoms with Crippen molar-refractivity contribution in [2.24, 2.45) is 0 Å². The normalized spacial score (nSPS) is 13.6. The summed E-state index contributed by atoms with van der Waals surface area (Å²) in [6.07, 6.45) is 3.91. The SMILES string of the molecule is CCc1nncn1CCNC(=O)NCC(C)(O)c1ccco1. The van der Waals surface area contributed by atoms with Gasteiger partial charge in [0.25, 0.3) is 0 Å². The van der Waals surface area contributed by atoms with Crippen LogP contribution in [0.5, 0.6) is 0 Å². The number of nitrogens with zero attached hydrogens (tertiary/aromatic N) is 3. The summed E-state index contributed by atoms with van der Waals surface area (Å²) >= 11 is 0. The third-order valence-corrected chi connectivity index (χ3v) is 3.30. The Morgan fingerprint density at radius 2 is 2.32 bits per heavy atom. The molecule has 0 bridgehead atoms. The fraction of sp³-hybridized carbons (Fsp3) is 0.500. The highest BCUT2D eigenvalue weighted by Gasteiger charge is 2.26. The Hall–Kier alpha value is -2.35. The number of aryl methyl sites for hydroxylation is 1. The number of furan rings is 1. The van der Waals surface area contributed by atoms with E-state index in [-0.39, 0.29) is 12.6 Å². The zero-order chi connectivity index (χ0) is 16.0. The van der Waals surface area contributed by atoms with E-state index in [4.69, 9.17) is 4.42 Å². The van der Waals surface area contributed by atoms with Crippen molar-refractivity contribution in [3.05, 3.63) is 36.3 Å². The number of hydrogen-bond donors (Lipinski definition) is 3. The van der Waals surface area contributed by atoms with Gasteiger partial charge in [-0.2, -0.15) is 0 Å². The van der Waals surface area contributed by atoms with Gasteiger partial charge in [0.05, 0.1) is 12.8 Å². The Balaban J connectivity index is 1.72. The van der Waals surface area contributed by atoms with E-state index in [0.717, 1.165) is 12.2 Å². The Labute approximate surface area is 128 Å². The van der Waals surface area contributed by atoms with Gasteiger partial charge in [-0.15, -0.1) is 10.2 Å². The Kier molecular flexibility index (Phi) is 5.16. The number of aromatic nitrogens is 3. The van der Waals surface area contributed by atoms with Crippen molar-refractivity contribution < 1.29 is 14.3 Å². The maximum atomic E-state index is 11.7. The third kappa shape index (κ3) is 4.08. The molecule has 1 atom stereocenters. The van der Waals surface area contributed by atoms with E-state index in [9.17, 15) is 9.90 Å². The number of urea groups is 1. The number of hydrogen-bond acceptors (Lipinski definition) is 5. The Morgan fingerprint density at radius 3 is 3.00 bits per heavy atom. The van der Waals surface area contributed by atoms with Gasteiger partial charge in [-0.3, -0.25) is 0 Å². The van der Waals surface area contributed by atoms with Crippen molar-refractivity contribution in [1.29, 1.82) is 0 Å². The average molecular weight is 307 g/mol. The van der Waals surface area contributed by atoms with Crippen molar-refractivity contribution >= 4 is 6.03 Å². The van der Waals surface area contributed by atoms with E-state index in [2.05, 4.69) is 20.8 Å². The van der Waals surface area contributed by atoms with Crippen molar-refractivity contribution in [2.45, 2.75) is 32.4 Å². The Morgan fingerprint density at radius 1 is 1.50 bits per heavy atom. The molecule has 8 nitrogen and oxygen atoms in total. The molecule has 120 valence electrons. The lowest BCUT2D eigenvalue weighted by atomic mass is 10.0. The van der Waals surface area contributed by atoms with Crippen molar-refractivity contribution in [1.82, 2.24) is 25.4 Å². The first-order valence-corrected chi connectivity index (χ1v) is 7.17. The first-order valence-electron chi connectivity index (χ1n) is 7.17. The maximum absolute atomic E-state index is 11.7. The van der Waals surface area contributed by atoms with Gasteiger partial charge in [0.2, 0.25) is 0 Å². The molecule has 8 heteroatoms. The lowest BCUT2D eigenvalue weighted by Crippen LogP contribution is -2.44. The molecule has 2 aromatic heterocycles. The van der Waals surface area contributed by atoms with Crippen molar-refractivity contribution in [2.75, 3.05) is 13.1 Å². The molecule has 0 aliphatic carbocycles. The number of aliphatic hydroxyl groups is 1. The molecule has 0 fully saturated rings. The summed E-state index contributed by atoms with van der Waals surface area (Å²) in [5, 5.41) is 23.4. The lowest BCUT2D eigenvalue weighted by molar-refractivity contribution is 0.0367. The van der Waals surface area contributed by atoms with Crippen LogP contribution in [0, 0.1) is 0 Å². The maximum Gasteiger partial charge on any atom is 0.314 e. The van der Waals surface area contributed by atoms with Crippen LogP contribution in [0.3, 0.4) is 0 Å².